The molecule has 0 radical (unpaired) electrons. The first-order chi connectivity index (χ1) is 4.12. The molecule has 0 saturated heterocycles. The van der Waals surface area contributed by atoms with Gasteiger partial charge in [0.25, 0.3) is 0 Å². The minimum Gasteiger partial charge on any atom is -0.396 e. The zero-order chi connectivity index (χ0) is 7.33. The molecular formula is C4H13NO3S. The Morgan fingerprint density at radius 2 is 2.00 bits per heavy atom. The lowest BCUT2D eigenvalue weighted by atomic mass is 10.5. The molecule has 0 aliphatic carbocycles. The topological polar surface area (TPSA) is 72.7 Å². The van der Waals surface area contributed by atoms with E-state index in [0.717, 1.165) is 0 Å². The Balaban J connectivity index is 3.33. The average Bonchev–Trinajstić information content (AvgIpc) is 1.84. The highest BCUT2D eigenvalue weighted by molar-refractivity contribution is 8.22. The fraction of sp³-hybridized carbons (Fsp3) is 1.00. The van der Waals surface area contributed by atoms with Crippen LogP contribution in [0.4, 0.5) is 0 Å². The van der Waals surface area contributed by atoms with E-state index in [-0.39, 0.29) is 12.4 Å². The summed E-state index contributed by atoms with van der Waals surface area (Å²) in [7, 11) is -1.11. The van der Waals surface area contributed by atoms with Gasteiger partial charge in [-0.05, 0) is 6.42 Å². The van der Waals surface area contributed by atoms with Crippen LogP contribution in [0.5, 0.6) is 0 Å². The van der Waals surface area contributed by atoms with Crippen molar-refractivity contribution in [1.82, 2.24) is 4.72 Å². The molecule has 0 aliphatic heterocycles. The lowest BCUT2D eigenvalue weighted by Crippen LogP contribution is -2.18. The molecule has 58 valence electrons. The van der Waals surface area contributed by atoms with Gasteiger partial charge in [0, 0.05) is 13.7 Å². The third-order valence-electron chi connectivity index (χ3n) is 0.914. The molecule has 0 rings (SSSR count). The molecule has 0 aromatic rings. The molecule has 0 bridgehead atoms. The van der Waals surface area contributed by atoms with Gasteiger partial charge in [0.2, 0.25) is 0 Å². The molecule has 0 fully saturated rings. The van der Waals surface area contributed by atoms with Crippen molar-refractivity contribution in [2.45, 2.75) is 6.42 Å². The lowest BCUT2D eigenvalue weighted by Gasteiger charge is -2.30. The first-order valence-corrected chi connectivity index (χ1v) is 4.39. The zero-order valence-corrected chi connectivity index (χ0v) is 6.19. The summed E-state index contributed by atoms with van der Waals surface area (Å²) in [5.41, 5.74) is 0. The Labute approximate surface area is 56.4 Å². The van der Waals surface area contributed by atoms with Crippen LogP contribution >= 0.6 is 10.8 Å². The second kappa shape index (κ2) is 4.08. The summed E-state index contributed by atoms with van der Waals surface area (Å²) in [6.45, 7) is -0.00243. The van der Waals surface area contributed by atoms with Gasteiger partial charge in [0.05, 0.1) is 5.75 Å². The van der Waals surface area contributed by atoms with Gasteiger partial charge in [-0.25, -0.2) is 4.72 Å². The first kappa shape index (κ1) is 9.19. The highest BCUT2D eigenvalue weighted by atomic mass is 32.3. The molecule has 5 heteroatoms. The summed E-state index contributed by atoms with van der Waals surface area (Å²) < 4.78 is 20.1. The van der Waals surface area contributed by atoms with Crippen molar-refractivity contribution in [3.8, 4) is 0 Å². The van der Waals surface area contributed by atoms with Crippen molar-refractivity contribution in [3.63, 3.8) is 0 Å². The second-order valence-electron chi connectivity index (χ2n) is 1.65. The molecule has 0 aromatic carbocycles. The summed E-state index contributed by atoms with van der Waals surface area (Å²) >= 11 is 0. The van der Waals surface area contributed by atoms with Gasteiger partial charge >= 0.3 is 0 Å². The van der Waals surface area contributed by atoms with Crippen LogP contribution in [-0.4, -0.2) is 33.6 Å². The maximum absolute atomic E-state index is 8.87. The Bertz CT molecular complexity index is 78.2. The van der Waals surface area contributed by atoms with E-state index in [0.29, 0.717) is 6.42 Å². The fourth-order valence-corrected chi connectivity index (χ4v) is 1.10. The minimum atomic E-state index is -2.59. The Kier molecular flexibility index (Phi) is 4.16. The number of aliphatic hydroxyl groups excluding tert-OH is 1. The summed E-state index contributed by atoms with van der Waals surface area (Å²) in [6, 6.07) is 0. The highest BCUT2D eigenvalue weighted by Crippen LogP contribution is 2.32. The standard InChI is InChI=1S/C4H13NO3S/c1-5-9(7,8)4-2-3-6/h5-8H,2-4H2,1H3. The van der Waals surface area contributed by atoms with Crippen molar-refractivity contribution >= 4 is 10.8 Å². The van der Waals surface area contributed by atoms with Gasteiger partial charge < -0.3 is 5.11 Å². The molecule has 0 aromatic heterocycles. The van der Waals surface area contributed by atoms with Gasteiger partial charge in [-0.1, -0.05) is 0 Å². The van der Waals surface area contributed by atoms with E-state index in [1.165, 1.54) is 7.05 Å². The molecule has 0 aliphatic rings. The van der Waals surface area contributed by atoms with E-state index in [1.54, 1.807) is 0 Å². The van der Waals surface area contributed by atoms with E-state index in [1.807, 2.05) is 0 Å². The number of aliphatic hydroxyl groups is 1. The van der Waals surface area contributed by atoms with Crippen molar-refractivity contribution in [1.29, 1.82) is 0 Å². The monoisotopic (exact) mass is 155 g/mol. The van der Waals surface area contributed by atoms with Crippen LogP contribution in [-0.2, 0) is 0 Å². The molecule has 0 spiro atoms. The summed E-state index contributed by atoms with van der Waals surface area (Å²) in [6.07, 6.45) is 0.420. The molecule has 4 N–H and O–H groups in total. The zero-order valence-electron chi connectivity index (χ0n) is 5.37. The Morgan fingerprint density at radius 1 is 1.44 bits per heavy atom. The number of nitrogens with one attached hydrogen (secondary N) is 1. The van der Waals surface area contributed by atoms with Gasteiger partial charge in [0.15, 0.2) is 0 Å². The summed E-state index contributed by atoms with van der Waals surface area (Å²) in [5.74, 6) is 0.222. The van der Waals surface area contributed by atoms with E-state index in [2.05, 4.69) is 4.72 Å². The van der Waals surface area contributed by atoms with Crippen LogP contribution in [0.25, 0.3) is 0 Å². The van der Waals surface area contributed by atoms with Crippen molar-refractivity contribution in [2.75, 3.05) is 19.4 Å². The third-order valence-corrected chi connectivity index (χ3v) is 2.43. The van der Waals surface area contributed by atoms with E-state index in [9.17, 15) is 0 Å². The molecule has 0 atom stereocenters. The first-order valence-electron chi connectivity index (χ1n) is 2.67. The normalized spacial score (nSPS) is 13.8. The van der Waals surface area contributed by atoms with Crippen molar-refractivity contribution in [3.05, 3.63) is 0 Å². The van der Waals surface area contributed by atoms with E-state index in [4.69, 9.17) is 14.2 Å². The Morgan fingerprint density at radius 3 is 2.33 bits per heavy atom. The molecule has 0 amide bonds. The SMILES string of the molecule is CNS(O)(O)CCCO. The van der Waals surface area contributed by atoms with E-state index >= 15 is 0 Å². The molecule has 0 unspecified atom stereocenters. The third kappa shape index (κ3) is 4.68. The average molecular weight is 155 g/mol. The minimum absolute atomic E-state index is 0.00243. The lowest BCUT2D eigenvalue weighted by molar-refractivity contribution is 0.293. The molecule has 4 nitrogen and oxygen atoms in total. The number of rotatable bonds is 4. The predicted octanol–water partition coefficient (Wildman–Crippen LogP) is 0.254. The van der Waals surface area contributed by atoms with Gasteiger partial charge in [-0.3, -0.25) is 9.11 Å². The molecule has 0 saturated carbocycles. The van der Waals surface area contributed by atoms with Crippen molar-refractivity contribution < 1.29 is 14.2 Å². The fourth-order valence-electron chi connectivity index (χ4n) is 0.368. The number of hydrogen-bond acceptors (Lipinski definition) is 4. The molecule has 0 heterocycles. The van der Waals surface area contributed by atoms with Gasteiger partial charge in [-0.15, -0.1) is 10.8 Å². The van der Waals surface area contributed by atoms with Gasteiger partial charge in [-0.2, -0.15) is 0 Å². The maximum Gasteiger partial charge on any atom is 0.0549 e. The molecular weight excluding hydrogens is 142 g/mol. The molecule has 9 heavy (non-hydrogen) atoms. The number of hydrogen-bond donors (Lipinski definition) is 4. The smallest absolute Gasteiger partial charge is 0.0549 e. The van der Waals surface area contributed by atoms with Crippen LogP contribution in [0.3, 0.4) is 0 Å². The van der Waals surface area contributed by atoms with Crippen LogP contribution in [0.1, 0.15) is 6.42 Å². The van der Waals surface area contributed by atoms with Crippen LogP contribution in [0, 0.1) is 0 Å². The van der Waals surface area contributed by atoms with Crippen molar-refractivity contribution in [2.24, 2.45) is 0 Å². The highest BCUT2D eigenvalue weighted by Gasteiger charge is 2.05. The van der Waals surface area contributed by atoms with Gasteiger partial charge in [0.1, 0.15) is 0 Å². The van der Waals surface area contributed by atoms with Crippen LogP contribution < -0.4 is 4.72 Å². The second-order valence-corrected chi connectivity index (χ2v) is 3.80. The van der Waals surface area contributed by atoms with E-state index < -0.39 is 10.8 Å². The van der Waals surface area contributed by atoms with Crippen LogP contribution in [0.15, 0.2) is 0 Å². The predicted molar refractivity (Wildman–Crippen MR) is 38.5 cm³/mol. The van der Waals surface area contributed by atoms with Crippen LogP contribution in [0.2, 0.25) is 0 Å². The maximum atomic E-state index is 8.87. The summed E-state index contributed by atoms with van der Waals surface area (Å²) in [5, 5.41) is 8.29. The largest absolute Gasteiger partial charge is 0.396 e. The summed E-state index contributed by atoms with van der Waals surface area (Å²) in [4.78, 5) is 0. The Hall–Kier alpha value is 0.190. The quantitative estimate of drug-likeness (QED) is 0.469.